The van der Waals surface area contributed by atoms with E-state index in [0.717, 1.165) is 11.3 Å². The van der Waals surface area contributed by atoms with Crippen LogP contribution in [0.3, 0.4) is 0 Å². The van der Waals surface area contributed by atoms with Gasteiger partial charge >= 0.3 is 0 Å². The van der Waals surface area contributed by atoms with Crippen LogP contribution in [0, 0.1) is 5.92 Å². The molecule has 2 nitrogen and oxygen atoms in total. The first-order valence-electron chi connectivity index (χ1n) is 5.56. The molecule has 1 fully saturated rings. The maximum absolute atomic E-state index is 9.70. The maximum atomic E-state index is 9.70. The van der Waals surface area contributed by atoms with Crippen molar-refractivity contribution in [1.82, 2.24) is 4.98 Å². The van der Waals surface area contributed by atoms with E-state index in [-0.39, 0.29) is 0 Å². The number of aromatic hydroxyl groups is 1. The maximum Gasteiger partial charge on any atom is 0.124 e. The van der Waals surface area contributed by atoms with Gasteiger partial charge in [0.05, 0.1) is 0 Å². The van der Waals surface area contributed by atoms with E-state index in [2.05, 4.69) is 18.0 Å². The summed E-state index contributed by atoms with van der Waals surface area (Å²) in [6.07, 6.45) is 4.61. The van der Waals surface area contributed by atoms with Gasteiger partial charge in [0.2, 0.25) is 0 Å². The lowest BCUT2D eigenvalue weighted by atomic mass is 9.99. The quantitative estimate of drug-likeness (QED) is 0.767. The number of H-pyrrole nitrogens is 1. The Kier molecular flexibility index (Phi) is 1.78. The molecule has 0 radical (unpaired) electrons. The summed E-state index contributed by atoms with van der Waals surface area (Å²) >= 11 is 0. The Morgan fingerprint density at radius 3 is 2.87 bits per heavy atom. The van der Waals surface area contributed by atoms with E-state index >= 15 is 0 Å². The van der Waals surface area contributed by atoms with Crippen LogP contribution in [-0.4, -0.2) is 10.1 Å². The third-order valence-electron chi connectivity index (χ3n) is 3.53. The van der Waals surface area contributed by atoms with E-state index in [1.165, 1.54) is 23.9 Å². The van der Waals surface area contributed by atoms with Crippen LogP contribution in [0.1, 0.15) is 31.4 Å². The second-order valence-corrected chi connectivity index (χ2v) is 4.57. The molecule has 15 heavy (non-hydrogen) atoms. The van der Waals surface area contributed by atoms with E-state index < -0.39 is 0 Å². The van der Waals surface area contributed by atoms with Crippen LogP contribution in [0.4, 0.5) is 0 Å². The van der Waals surface area contributed by atoms with Crippen LogP contribution in [-0.2, 0) is 0 Å². The Bertz CT molecular complexity index is 496. The zero-order valence-corrected chi connectivity index (χ0v) is 8.83. The summed E-state index contributed by atoms with van der Waals surface area (Å²) in [5.41, 5.74) is 1.28. The topological polar surface area (TPSA) is 36.0 Å². The van der Waals surface area contributed by atoms with Gasteiger partial charge in [-0.3, -0.25) is 0 Å². The molecule has 2 aromatic rings. The van der Waals surface area contributed by atoms with E-state index in [9.17, 15) is 5.11 Å². The Morgan fingerprint density at radius 2 is 2.13 bits per heavy atom. The first kappa shape index (κ1) is 8.84. The summed E-state index contributed by atoms with van der Waals surface area (Å²) in [6, 6.07) is 5.73. The van der Waals surface area contributed by atoms with Crippen molar-refractivity contribution >= 4 is 10.8 Å². The van der Waals surface area contributed by atoms with Gasteiger partial charge in [-0.15, -0.1) is 0 Å². The smallest absolute Gasteiger partial charge is 0.124 e. The van der Waals surface area contributed by atoms with Gasteiger partial charge in [-0.1, -0.05) is 19.1 Å². The number of phenols is 1. The van der Waals surface area contributed by atoms with Crippen molar-refractivity contribution in [3.63, 3.8) is 0 Å². The number of aromatic amines is 1. The van der Waals surface area contributed by atoms with Crippen LogP contribution >= 0.6 is 0 Å². The summed E-state index contributed by atoms with van der Waals surface area (Å²) in [4.78, 5) is 3.32. The third-order valence-corrected chi connectivity index (χ3v) is 3.53. The van der Waals surface area contributed by atoms with Crippen molar-refractivity contribution < 1.29 is 5.11 Å². The highest BCUT2D eigenvalue weighted by Crippen LogP contribution is 2.44. The fourth-order valence-corrected chi connectivity index (χ4v) is 2.38. The van der Waals surface area contributed by atoms with Crippen LogP contribution in [0.25, 0.3) is 10.8 Å². The molecule has 3 rings (SSSR count). The van der Waals surface area contributed by atoms with Gasteiger partial charge in [0.25, 0.3) is 0 Å². The Labute approximate surface area is 88.9 Å². The first-order chi connectivity index (χ1) is 7.27. The zero-order chi connectivity index (χ0) is 10.4. The van der Waals surface area contributed by atoms with Crippen molar-refractivity contribution in [3.05, 3.63) is 30.1 Å². The van der Waals surface area contributed by atoms with Crippen molar-refractivity contribution in [1.29, 1.82) is 0 Å². The Hall–Kier alpha value is -1.44. The van der Waals surface area contributed by atoms with Crippen LogP contribution in [0.5, 0.6) is 5.75 Å². The van der Waals surface area contributed by atoms with Crippen LogP contribution < -0.4 is 0 Å². The lowest BCUT2D eigenvalue weighted by molar-refractivity contribution is 0.481. The summed E-state index contributed by atoms with van der Waals surface area (Å²) < 4.78 is 0. The molecule has 1 aliphatic carbocycles. The molecule has 78 valence electrons. The SMILES string of the molecule is CC(c1[nH]cc2c(O)cccc12)C1CC1. The number of hydrogen-bond donors (Lipinski definition) is 2. The van der Waals surface area contributed by atoms with Gasteiger partial charge in [-0.25, -0.2) is 0 Å². The molecule has 1 aromatic heterocycles. The van der Waals surface area contributed by atoms with Crippen molar-refractivity contribution in [2.75, 3.05) is 0 Å². The third kappa shape index (κ3) is 1.32. The fourth-order valence-electron chi connectivity index (χ4n) is 2.38. The van der Waals surface area contributed by atoms with Crippen LogP contribution in [0.15, 0.2) is 24.4 Å². The minimum absolute atomic E-state index is 0.373. The molecule has 0 aliphatic heterocycles. The second kappa shape index (κ2) is 3.02. The fraction of sp³-hybridized carbons (Fsp3) is 0.385. The molecule has 2 heteroatoms. The summed E-state index contributed by atoms with van der Waals surface area (Å²) in [6.45, 7) is 2.27. The number of aromatic nitrogens is 1. The van der Waals surface area contributed by atoms with Gasteiger partial charge in [0.15, 0.2) is 0 Å². The highest BCUT2D eigenvalue weighted by Gasteiger charge is 2.30. The highest BCUT2D eigenvalue weighted by atomic mass is 16.3. The monoisotopic (exact) mass is 201 g/mol. The van der Waals surface area contributed by atoms with Gasteiger partial charge < -0.3 is 10.1 Å². The Morgan fingerprint density at radius 1 is 1.33 bits per heavy atom. The van der Waals surface area contributed by atoms with E-state index in [1.54, 1.807) is 6.07 Å². The van der Waals surface area contributed by atoms with Gasteiger partial charge in [-0.2, -0.15) is 0 Å². The van der Waals surface area contributed by atoms with Crippen molar-refractivity contribution in [2.24, 2.45) is 5.92 Å². The number of rotatable bonds is 2. The molecule has 1 heterocycles. The predicted molar refractivity (Wildman–Crippen MR) is 61.1 cm³/mol. The molecular weight excluding hydrogens is 186 g/mol. The minimum Gasteiger partial charge on any atom is -0.507 e. The number of hydrogen-bond acceptors (Lipinski definition) is 1. The molecule has 0 spiro atoms. The number of fused-ring (bicyclic) bond motifs is 1. The summed E-state index contributed by atoms with van der Waals surface area (Å²) in [5, 5.41) is 11.8. The molecule has 1 unspecified atom stereocenters. The highest BCUT2D eigenvalue weighted by molar-refractivity contribution is 5.90. The predicted octanol–water partition coefficient (Wildman–Crippen LogP) is 3.39. The van der Waals surface area contributed by atoms with Gasteiger partial charge in [-0.05, 0) is 30.7 Å². The zero-order valence-electron chi connectivity index (χ0n) is 8.83. The standard InChI is InChI=1S/C13H15NO/c1-8(9-5-6-9)13-10-3-2-4-12(15)11(10)7-14-13/h2-4,7-9,14-15H,5-6H2,1H3. The molecule has 0 bridgehead atoms. The minimum atomic E-state index is 0.373. The molecular formula is C13H15NO. The largest absolute Gasteiger partial charge is 0.507 e. The first-order valence-corrected chi connectivity index (χ1v) is 5.56. The number of benzene rings is 1. The normalized spacial score (nSPS) is 18.2. The van der Waals surface area contributed by atoms with Gasteiger partial charge in [0, 0.05) is 22.7 Å². The number of phenolic OH excluding ortho intramolecular Hbond substituents is 1. The average Bonchev–Trinajstić information content (AvgIpc) is 2.98. The average molecular weight is 201 g/mol. The van der Waals surface area contributed by atoms with E-state index in [0.29, 0.717) is 11.7 Å². The van der Waals surface area contributed by atoms with E-state index in [4.69, 9.17) is 0 Å². The van der Waals surface area contributed by atoms with Gasteiger partial charge in [0.1, 0.15) is 5.75 Å². The molecule has 1 aliphatic rings. The molecule has 0 saturated heterocycles. The molecule has 1 saturated carbocycles. The van der Waals surface area contributed by atoms with Crippen molar-refractivity contribution in [2.45, 2.75) is 25.7 Å². The van der Waals surface area contributed by atoms with Crippen LogP contribution in [0.2, 0.25) is 0 Å². The molecule has 1 atom stereocenters. The van der Waals surface area contributed by atoms with Crippen molar-refractivity contribution in [3.8, 4) is 5.75 Å². The molecule has 1 aromatic carbocycles. The lowest BCUT2D eigenvalue weighted by Gasteiger charge is -2.08. The summed E-state index contributed by atoms with van der Waals surface area (Å²) in [7, 11) is 0. The number of nitrogens with one attached hydrogen (secondary N) is 1. The molecule has 2 N–H and O–H groups in total. The summed E-state index contributed by atoms with van der Waals surface area (Å²) in [5.74, 6) is 1.80. The van der Waals surface area contributed by atoms with E-state index in [1.807, 2.05) is 12.3 Å². The molecule has 0 amide bonds. The lowest BCUT2D eigenvalue weighted by Crippen LogP contribution is -1.95. The Balaban J connectivity index is 2.15. The second-order valence-electron chi connectivity index (χ2n) is 4.57.